The number of carbonyl (C=O) groups excluding carboxylic acids is 2. The number of hydrogen-bond acceptors (Lipinski definition) is 4. The van der Waals surface area contributed by atoms with Crippen molar-refractivity contribution < 1.29 is 24.2 Å². The molecule has 8 heteroatoms. The van der Waals surface area contributed by atoms with Crippen molar-refractivity contribution in [2.45, 2.75) is 32.6 Å². The van der Waals surface area contributed by atoms with Gasteiger partial charge in [-0.3, -0.25) is 19.0 Å². The fourth-order valence-electron chi connectivity index (χ4n) is 4.88. The summed E-state index contributed by atoms with van der Waals surface area (Å²) in [7, 11) is 0. The molecule has 0 radical (unpaired) electrons. The lowest BCUT2D eigenvalue weighted by Crippen LogP contribution is -2.39. The quantitative estimate of drug-likeness (QED) is 0.281. The van der Waals surface area contributed by atoms with Crippen LogP contribution in [0.2, 0.25) is 5.02 Å². The van der Waals surface area contributed by atoms with Crippen molar-refractivity contribution in [2.24, 2.45) is 5.41 Å². The summed E-state index contributed by atoms with van der Waals surface area (Å²) in [4.78, 5) is 40.2. The highest BCUT2D eigenvalue weighted by Crippen LogP contribution is 2.38. The van der Waals surface area contributed by atoms with Gasteiger partial charge in [0, 0.05) is 34.4 Å². The Morgan fingerprint density at radius 2 is 1.77 bits per heavy atom. The van der Waals surface area contributed by atoms with Crippen LogP contribution in [0.1, 0.15) is 53.3 Å². The minimum atomic E-state index is -0.876. The van der Waals surface area contributed by atoms with E-state index in [1.54, 1.807) is 59.8 Å². The Morgan fingerprint density at radius 3 is 2.51 bits per heavy atom. The molecule has 0 spiro atoms. The largest absolute Gasteiger partial charge is 0.494 e. The Labute approximate surface area is 231 Å². The standard InChI is InChI=1S/C31H29ClN2O5/c1-31(2,30(37)38)15-18-39-23-10-7-20(8-11-23)28(35)34-17-14-25(24-5-3-4-6-27(24)34)29(36)33-16-13-21-19-22(32)9-12-26(21)33/h3-13,16,19,25H,14-15,17-18H2,1-2H3,(H,37,38)/t25-/m0/s1. The molecule has 7 nitrogen and oxygen atoms in total. The number of aromatic nitrogens is 1. The molecule has 1 amide bonds. The van der Waals surface area contributed by atoms with Crippen LogP contribution in [0.25, 0.3) is 10.9 Å². The summed E-state index contributed by atoms with van der Waals surface area (Å²) in [6.45, 7) is 3.97. The number of amides is 1. The summed E-state index contributed by atoms with van der Waals surface area (Å²) in [5, 5.41) is 10.8. The SMILES string of the molecule is CC(C)(CCOc1ccc(C(=O)N2CC[C@H](C(=O)n3ccc4cc(Cl)ccc43)c3ccccc32)cc1)C(=O)O. The first-order chi connectivity index (χ1) is 18.7. The van der Waals surface area contributed by atoms with Crippen molar-refractivity contribution >= 4 is 46.0 Å². The van der Waals surface area contributed by atoms with Gasteiger partial charge < -0.3 is 14.7 Å². The molecule has 1 atom stereocenters. The summed E-state index contributed by atoms with van der Waals surface area (Å²) in [5.74, 6) is -0.892. The van der Waals surface area contributed by atoms with Crippen LogP contribution in [0.5, 0.6) is 5.75 Å². The molecule has 0 fully saturated rings. The number of aliphatic carboxylic acids is 1. The molecule has 1 aliphatic rings. The predicted octanol–water partition coefficient (Wildman–Crippen LogP) is 6.65. The second-order valence-electron chi connectivity index (χ2n) is 10.4. The number of carboxylic acid groups (broad SMARTS) is 1. The van der Waals surface area contributed by atoms with E-state index in [9.17, 15) is 19.5 Å². The second-order valence-corrected chi connectivity index (χ2v) is 10.8. The summed E-state index contributed by atoms with van der Waals surface area (Å²) < 4.78 is 7.37. The fraction of sp³-hybridized carbons (Fsp3) is 0.258. The van der Waals surface area contributed by atoms with Gasteiger partial charge in [-0.1, -0.05) is 29.8 Å². The summed E-state index contributed by atoms with van der Waals surface area (Å²) in [5.41, 5.74) is 1.97. The lowest BCUT2D eigenvalue weighted by molar-refractivity contribution is -0.147. The van der Waals surface area contributed by atoms with Crippen LogP contribution in [0.15, 0.2) is 79.0 Å². The van der Waals surface area contributed by atoms with Crippen LogP contribution in [-0.4, -0.2) is 40.6 Å². The average molecular weight is 545 g/mol. The predicted molar refractivity (Wildman–Crippen MR) is 151 cm³/mol. The minimum absolute atomic E-state index is 0.0422. The molecule has 5 rings (SSSR count). The third-order valence-corrected chi connectivity index (χ3v) is 7.59. The molecule has 0 saturated carbocycles. The maximum atomic E-state index is 13.7. The zero-order valence-corrected chi connectivity index (χ0v) is 22.5. The molecule has 2 heterocycles. The summed E-state index contributed by atoms with van der Waals surface area (Å²) in [6.07, 6.45) is 2.63. The topological polar surface area (TPSA) is 88.8 Å². The van der Waals surface area contributed by atoms with Crippen LogP contribution < -0.4 is 9.64 Å². The van der Waals surface area contributed by atoms with Crippen LogP contribution in [0.4, 0.5) is 5.69 Å². The van der Waals surface area contributed by atoms with Crippen LogP contribution in [-0.2, 0) is 4.79 Å². The van der Waals surface area contributed by atoms with Crippen molar-refractivity contribution in [1.29, 1.82) is 0 Å². The molecule has 1 aromatic heterocycles. The van der Waals surface area contributed by atoms with Crippen LogP contribution in [0, 0.1) is 5.41 Å². The zero-order valence-electron chi connectivity index (χ0n) is 21.8. The smallest absolute Gasteiger partial charge is 0.309 e. The van der Waals surface area contributed by atoms with Crippen molar-refractivity contribution in [2.75, 3.05) is 18.1 Å². The number of ether oxygens (including phenoxy) is 1. The Bertz CT molecular complexity index is 1560. The van der Waals surface area contributed by atoms with E-state index in [1.807, 2.05) is 42.5 Å². The number of para-hydroxylation sites is 1. The highest BCUT2D eigenvalue weighted by Gasteiger charge is 2.34. The van der Waals surface area contributed by atoms with Gasteiger partial charge in [0.25, 0.3) is 5.91 Å². The highest BCUT2D eigenvalue weighted by molar-refractivity contribution is 6.31. The number of anilines is 1. The Balaban J connectivity index is 1.32. The lowest BCUT2D eigenvalue weighted by Gasteiger charge is -2.34. The van der Waals surface area contributed by atoms with E-state index in [4.69, 9.17) is 16.3 Å². The van der Waals surface area contributed by atoms with E-state index in [2.05, 4.69) is 0 Å². The molecule has 200 valence electrons. The molecule has 0 bridgehead atoms. The maximum Gasteiger partial charge on any atom is 0.309 e. The van der Waals surface area contributed by atoms with Gasteiger partial charge in [-0.2, -0.15) is 0 Å². The summed E-state index contributed by atoms with van der Waals surface area (Å²) >= 11 is 6.12. The molecular formula is C31H29ClN2O5. The van der Waals surface area contributed by atoms with Gasteiger partial charge in [0.15, 0.2) is 0 Å². The van der Waals surface area contributed by atoms with E-state index in [0.717, 1.165) is 22.2 Å². The molecular weight excluding hydrogens is 516 g/mol. The van der Waals surface area contributed by atoms with Crippen molar-refractivity contribution in [3.05, 3.63) is 95.1 Å². The number of benzene rings is 3. The van der Waals surface area contributed by atoms with E-state index in [-0.39, 0.29) is 24.3 Å². The van der Waals surface area contributed by atoms with E-state index in [0.29, 0.717) is 35.7 Å². The molecule has 0 aliphatic carbocycles. The highest BCUT2D eigenvalue weighted by atomic mass is 35.5. The number of carbonyl (C=O) groups is 3. The maximum absolute atomic E-state index is 13.7. The first-order valence-corrected chi connectivity index (χ1v) is 13.2. The third-order valence-electron chi connectivity index (χ3n) is 7.35. The van der Waals surface area contributed by atoms with E-state index < -0.39 is 11.4 Å². The Morgan fingerprint density at radius 1 is 1.03 bits per heavy atom. The third kappa shape index (κ3) is 5.27. The number of nitrogens with zero attached hydrogens (tertiary/aromatic N) is 2. The van der Waals surface area contributed by atoms with Gasteiger partial charge in [0.05, 0.1) is 23.5 Å². The number of halogens is 1. The fourth-order valence-corrected chi connectivity index (χ4v) is 5.06. The van der Waals surface area contributed by atoms with Crippen molar-refractivity contribution in [3.63, 3.8) is 0 Å². The van der Waals surface area contributed by atoms with Gasteiger partial charge in [-0.15, -0.1) is 0 Å². The first-order valence-electron chi connectivity index (χ1n) is 12.8. The molecule has 3 aromatic carbocycles. The number of rotatable bonds is 7. The van der Waals surface area contributed by atoms with Gasteiger partial charge in [-0.25, -0.2) is 0 Å². The van der Waals surface area contributed by atoms with E-state index in [1.165, 1.54) is 0 Å². The number of carboxylic acids is 1. The number of fused-ring (bicyclic) bond motifs is 2. The van der Waals surface area contributed by atoms with E-state index >= 15 is 0 Å². The average Bonchev–Trinajstić information content (AvgIpc) is 3.35. The van der Waals surface area contributed by atoms with Crippen LogP contribution >= 0.6 is 11.6 Å². The molecule has 0 unspecified atom stereocenters. The van der Waals surface area contributed by atoms with Crippen molar-refractivity contribution in [3.8, 4) is 5.75 Å². The Hall–Kier alpha value is -4.10. The molecule has 4 aromatic rings. The molecule has 0 saturated heterocycles. The van der Waals surface area contributed by atoms with Crippen LogP contribution in [0.3, 0.4) is 0 Å². The number of hydrogen-bond donors (Lipinski definition) is 1. The summed E-state index contributed by atoms with van der Waals surface area (Å²) in [6, 6.07) is 21.7. The molecule has 1 N–H and O–H groups in total. The van der Waals surface area contributed by atoms with Gasteiger partial charge >= 0.3 is 5.97 Å². The van der Waals surface area contributed by atoms with Gasteiger partial charge in [0.2, 0.25) is 5.91 Å². The zero-order chi connectivity index (χ0) is 27.7. The first kappa shape index (κ1) is 26.5. The lowest BCUT2D eigenvalue weighted by atomic mass is 9.88. The van der Waals surface area contributed by atoms with Gasteiger partial charge in [0.1, 0.15) is 5.75 Å². The molecule has 1 aliphatic heterocycles. The minimum Gasteiger partial charge on any atom is -0.494 e. The normalized spacial score (nSPS) is 15.2. The second kappa shape index (κ2) is 10.6. The Kier molecular flexibility index (Phi) is 7.19. The van der Waals surface area contributed by atoms with Gasteiger partial charge in [-0.05, 0) is 86.8 Å². The molecule has 39 heavy (non-hydrogen) atoms. The van der Waals surface area contributed by atoms with Crippen molar-refractivity contribution in [1.82, 2.24) is 4.57 Å². The monoisotopic (exact) mass is 544 g/mol.